The molecule has 0 aromatic rings. The second kappa shape index (κ2) is 2.43. The molecule has 0 aliphatic heterocycles. The molecule has 0 bridgehead atoms. The summed E-state index contributed by atoms with van der Waals surface area (Å²) in [5, 5.41) is 0. The number of hydrogen-bond donors (Lipinski definition) is 1. The average Bonchev–Trinajstić information content (AvgIpc) is 2.78. The predicted molar refractivity (Wildman–Crippen MR) is 47.2 cm³/mol. The highest BCUT2D eigenvalue weighted by Gasteiger charge is 2.53. The molecule has 2 aliphatic rings. The van der Waals surface area contributed by atoms with E-state index in [4.69, 9.17) is 5.73 Å². The zero-order valence-electron chi connectivity index (χ0n) is 7.31. The molecule has 66 valence electrons. The van der Waals surface area contributed by atoms with Crippen LogP contribution in [0.3, 0.4) is 0 Å². The Hall–Kier alpha value is -0.630. The molecule has 2 rings (SSSR count). The van der Waals surface area contributed by atoms with Crippen LogP contribution >= 0.6 is 0 Å². The van der Waals surface area contributed by atoms with E-state index >= 15 is 0 Å². The SMILES string of the molecule is CC1=C(F)CC=CC2(CN)CC12. The molecule has 0 amide bonds. The van der Waals surface area contributed by atoms with Gasteiger partial charge in [0.2, 0.25) is 0 Å². The van der Waals surface area contributed by atoms with Gasteiger partial charge < -0.3 is 5.73 Å². The van der Waals surface area contributed by atoms with Gasteiger partial charge in [-0.25, -0.2) is 4.39 Å². The van der Waals surface area contributed by atoms with Crippen molar-refractivity contribution in [3.05, 3.63) is 23.6 Å². The van der Waals surface area contributed by atoms with Crippen LogP contribution in [0, 0.1) is 11.3 Å². The summed E-state index contributed by atoms with van der Waals surface area (Å²) in [5.41, 5.74) is 6.70. The lowest BCUT2D eigenvalue weighted by Gasteiger charge is -2.07. The van der Waals surface area contributed by atoms with Crippen molar-refractivity contribution < 1.29 is 4.39 Å². The van der Waals surface area contributed by atoms with E-state index in [2.05, 4.69) is 6.08 Å². The zero-order valence-corrected chi connectivity index (χ0v) is 7.31. The molecular formula is C10H14FN. The fourth-order valence-corrected chi connectivity index (χ4v) is 2.13. The molecule has 1 saturated carbocycles. The van der Waals surface area contributed by atoms with E-state index in [0.29, 0.717) is 18.9 Å². The highest BCUT2D eigenvalue weighted by molar-refractivity contribution is 5.32. The molecule has 0 radical (unpaired) electrons. The molecule has 0 heterocycles. The molecule has 1 fully saturated rings. The summed E-state index contributed by atoms with van der Waals surface area (Å²) in [7, 11) is 0. The smallest absolute Gasteiger partial charge is 0.103 e. The molecule has 12 heavy (non-hydrogen) atoms. The first kappa shape index (κ1) is 7.99. The Morgan fingerprint density at radius 3 is 3.17 bits per heavy atom. The molecule has 0 aromatic carbocycles. The highest BCUT2D eigenvalue weighted by Crippen LogP contribution is 2.58. The topological polar surface area (TPSA) is 26.0 Å². The van der Waals surface area contributed by atoms with Gasteiger partial charge in [0.1, 0.15) is 5.83 Å². The van der Waals surface area contributed by atoms with Gasteiger partial charge in [-0.15, -0.1) is 0 Å². The summed E-state index contributed by atoms with van der Waals surface area (Å²) in [6.45, 7) is 2.54. The first-order valence-corrected chi connectivity index (χ1v) is 4.42. The van der Waals surface area contributed by atoms with Gasteiger partial charge in [-0.2, -0.15) is 0 Å². The molecule has 0 spiro atoms. The van der Waals surface area contributed by atoms with Gasteiger partial charge in [-0.1, -0.05) is 12.2 Å². The van der Waals surface area contributed by atoms with Crippen molar-refractivity contribution in [3.8, 4) is 0 Å². The van der Waals surface area contributed by atoms with Crippen molar-refractivity contribution in [2.45, 2.75) is 19.8 Å². The Bertz CT molecular complexity index is 267. The van der Waals surface area contributed by atoms with E-state index in [0.717, 1.165) is 12.0 Å². The summed E-state index contributed by atoms with van der Waals surface area (Å²) >= 11 is 0. The van der Waals surface area contributed by atoms with Gasteiger partial charge in [0, 0.05) is 18.4 Å². The number of nitrogens with two attached hydrogens (primary N) is 1. The van der Waals surface area contributed by atoms with Crippen molar-refractivity contribution >= 4 is 0 Å². The van der Waals surface area contributed by atoms with Crippen LogP contribution in [0.25, 0.3) is 0 Å². The van der Waals surface area contributed by atoms with E-state index in [1.165, 1.54) is 0 Å². The number of hydrogen-bond acceptors (Lipinski definition) is 1. The standard InChI is InChI=1S/C10H14FN/c1-7-8-5-10(8,6-12)4-2-3-9(7)11/h2,4,8H,3,5-6,12H2,1H3. The van der Waals surface area contributed by atoms with Crippen LogP contribution in [0.5, 0.6) is 0 Å². The largest absolute Gasteiger partial charge is 0.330 e. The first-order valence-electron chi connectivity index (χ1n) is 4.42. The van der Waals surface area contributed by atoms with E-state index < -0.39 is 0 Å². The van der Waals surface area contributed by atoms with Crippen LogP contribution in [0.2, 0.25) is 0 Å². The molecule has 2 atom stereocenters. The van der Waals surface area contributed by atoms with E-state index in [1.807, 2.05) is 13.0 Å². The van der Waals surface area contributed by atoms with Gasteiger partial charge in [0.25, 0.3) is 0 Å². The highest BCUT2D eigenvalue weighted by atomic mass is 19.1. The maximum Gasteiger partial charge on any atom is 0.103 e. The third-order valence-electron chi connectivity index (χ3n) is 3.20. The van der Waals surface area contributed by atoms with Crippen molar-refractivity contribution in [2.24, 2.45) is 17.1 Å². The molecule has 0 saturated heterocycles. The van der Waals surface area contributed by atoms with Crippen molar-refractivity contribution in [3.63, 3.8) is 0 Å². The first-order chi connectivity index (χ1) is 5.69. The van der Waals surface area contributed by atoms with Crippen LogP contribution in [-0.4, -0.2) is 6.54 Å². The van der Waals surface area contributed by atoms with Crippen LogP contribution in [0.15, 0.2) is 23.6 Å². The van der Waals surface area contributed by atoms with Gasteiger partial charge in [0.15, 0.2) is 0 Å². The molecule has 0 aromatic heterocycles. The maximum atomic E-state index is 13.2. The third kappa shape index (κ3) is 0.944. The summed E-state index contributed by atoms with van der Waals surface area (Å²) in [6.07, 6.45) is 5.52. The Balaban J connectivity index is 2.31. The minimum absolute atomic E-state index is 0.0454. The summed E-state index contributed by atoms with van der Waals surface area (Å²) in [5.74, 6) is 0.435. The summed E-state index contributed by atoms with van der Waals surface area (Å²) in [4.78, 5) is 0. The molecular weight excluding hydrogens is 153 g/mol. The van der Waals surface area contributed by atoms with Crippen LogP contribution < -0.4 is 5.73 Å². The Kier molecular flexibility index (Phi) is 1.62. The second-order valence-electron chi connectivity index (χ2n) is 3.89. The van der Waals surface area contributed by atoms with Gasteiger partial charge in [-0.05, 0) is 24.8 Å². The molecule has 2 unspecified atom stereocenters. The quantitative estimate of drug-likeness (QED) is 0.595. The zero-order chi connectivity index (χ0) is 8.77. The fraction of sp³-hybridized carbons (Fsp3) is 0.600. The Labute approximate surface area is 72.1 Å². The maximum absolute atomic E-state index is 13.2. The molecule has 2 N–H and O–H groups in total. The van der Waals surface area contributed by atoms with Crippen molar-refractivity contribution in [2.75, 3.05) is 6.54 Å². The van der Waals surface area contributed by atoms with E-state index in [9.17, 15) is 4.39 Å². The van der Waals surface area contributed by atoms with Crippen molar-refractivity contribution in [1.29, 1.82) is 0 Å². The van der Waals surface area contributed by atoms with Gasteiger partial charge in [-0.3, -0.25) is 0 Å². The van der Waals surface area contributed by atoms with E-state index in [1.54, 1.807) is 0 Å². The van der Waals surface area contributed by atoms with Crippen LogP contribution in [0.1, 0.15) is 19.8 Å². The second-order valence-corrected chi connectivity index (χ2v) is 3.89. The number of halogens is 1. The normalized spacial score (nSPS) is 39.4. The molecule has 1 nitrogen and oxygen atoms in total. The minimum atomic E-state index is 0.0454. The fourth-order valence-electron chi connectivity index (χ4n) is 2.13. The lowest BCUT2D eigenvalue weighted by atomic mass is 10.0. The summed E-state index contributed by atoms with van der Waals surface area (Å²) < 4.78 is 13.2. The number of allylic oxidation sites excluding steroid dienone is 3. The number of rotatable bonds is 1. The Morgan fingerprint density at radius 1 is 1.75 bits per heavy atom. The molecule has 2 heteroatoms. The van der Waals surface area contributed by atoms with Crippen LogP contribution in [0.4, 0.5) is 4.39 Å². The lowest BCUT2D eigenvalue weighted by Crippen LogP contribution is -2.15. The van der Waals surface area contributed by atoms with Crippen molar-refractivity contribution in [1.82, 2.24) is 0 Å². The van der Waals surface area contributed by atoms with Gasteiger partial charge >= 0.3 is 0 Å². The minimum Gasteiger partial charge on any atom is -0.330 e. The molecule has 2 aliphatic carbocycles. The third-order valence-corrected chi connectivity index (χ3v) is 3.20. The predicted octanol–water partition coefficient (Wildman–Crippen LogP) is 2.15. The van der Waals surface area contributed by atoms with E-state index in [-0.39, 0.29) is 11.2 Å². The monoisotopic (exact) mass is 167 g/mol. The lowest BCUT2D eigenvalue weighted by molar-refractivity contribution is 0.579. The van der Waals surface area contributed by atoms with Crippen LogP contribution in [-0.2, 0) is 0 Å². The average molecular weight is 167 g/mol. The number of fused-ring (bicyclic) bond motifs is 1. The summed E-state index contributed by atoms with van der Waals surface area (Å²) in [6, 6.07) is 0. The Morgan fingerprint density at radius 2 is 2.50 bits per heavy atom. The van der Waals surface area contributed by atoms with Gasteiger partial charge in [0.05, 0.1) is 0 Å².